The van der Waals surface area contributed by atoms with Crippen molar-refractivity contribution in [3.63, 3.8) is 0 Å². The lowest BCUT2D eigenvalue weighted by atomic mass is 10.1. The van der Waals surface area contributed by atoms with Gasteiger partial charge >= 0.3 is 0 Å². The van der Waals surface area contributed by atoms with Crippen molar-refractivity contribution in [2.45, 2.75) is 17.1 Å². The highest BCUT2D eigenvalue weighted by molar-refractivity contribution is 8.00. The van der Waals surface area contributed by atoms with Gasteiger partial charge in [0.1, 0.15) is 16.7 Å². The number of rotatable bonds is 9. The molecule has 1 unspecified atom stereocenters. The van der Waals surface area contributed by atoms with Crippen molar-refractivity contribution >= 4 is 35.0 Å². The Balaban J connectivity index is 1.39. The Morgan fingerprint density at radius 3 is 2.17 bits per heavy atom. The average molecular weight is 579 g/mol. The molecule has 0 aliphatic heterocycles. The number of ether oxygens (including phenoxy) is 1. The monoisotopic (exact) mass is 578 g/mol. The zero-order valence-electron chi connectivity index (χ0n) is 23.4. The number of carbonyl (C=O) groups is 2. The van der Waals surface area contributed by atoms with E-state index < -0.39 is 5.25 Å². The van der Waals surface area contributed by atoms with E-state index in [1.165, 1.54) is 16.4 Å². The Kier molecular flexibility index (Phi) is 8.59. The topological polar surface area (TPSA) is 94.4 Å². The minimum atomic E-state index is -0.664. The van der Waals surface area contributed by atoms with Gasteiger partial charge in [0, 0.05) is 23.2 Å². The van der Waals surface area contributed by atoms with Gasteiger partial charge in [-0.3, -0.25) is 19.1 Å². The summed E-state index contributed by atoms with van der Waals surface area (Å²) in [7, 11) is 3.36. The van der Waals surface area contributed by atoms with Gasteiger partial charge in [0.2, 0.25) is 5.91 Å². The molecule has 0 radical (unpaired) electrons. The molecule has 4 aromatic carbocycles. The molecule has 5 rings (SSSR count). The second-order valence-corrected chi connectivity index (χ2v) is 10.7. The summed E-state index contributed by atoms with van der Waals surface area (Å²) in [4.78, 5) is 40.8. The molecule has 1 atom stereocenters. The van der Waals surface area contributed by atoms with E-state index in [9.17, 15) is 14.4 Å². The van der Waals surface area contributed by atoms with Crippen molar-refractivity contribution in [2.24, 2.45) is 7.05 Å². The summed E-state index contributed by atoms with van der Waals surface area (Å²) in [6.45, 7) is 1.80. The highest BCUT2D eigenvalue weighted by atomic mass is 32.2. The van der Waals surface area contributed by atoms with Crippen LogP contribution in [0.2, 0.25) is 0 Å². The maximum absolute atomic E-state index is 13.8. The molecule has 0 aliphatic rings. The summed E-state index contributed by atoms with van der Waals surface area (Å²) in [6, 6.07) is 32.9. The highest BCUT2D eigenvalue weighted by Crippen LogP contribution is 2.37. The number of nitrogens with one attached hydrogen (secondary N) is 2. The van der Waals surface area contributed by atoms with Crippen molar-refractivity contribution in [1.82, 2.24) is 9.36 Å². The fraction of sp³-hybridized carbons (Fsp3) is 0.121. The third kappa shape index (κ3) is 6.16. The fourth-order valence-corrected chi connectivity index (χ4v) is 5.61. The van der Waals surface area contributed by atoms with Gasteiger partial charge < -0.3 is 15.4 Å². The molecule has 0 aliphatic carbocycles. The van der Waals surface area contributed by atoms with E-state index >= 15 is 0 Å². The largest absolute Gasteiger partial charge is 0.497 e. The number of hydrogen-bond donors (Lipinski definition) is 2. The zero-order valence-corrected chi connectivity index (χ0v) is 24.2. The highest BCUT2D eigenvalue weighted by Gasteiger charge is 2.26. The third-order valence-electron chi connectivity index (χ3n) is 6.84. The standard InChI is InChI=1S/C33H30N4O4S/c1-22-29(33(40)37(36(22)2)26-14-8-5-9-15-26)35-32(39)30(23-11-6-4-7-12-23)42-28-16-10-13-25(21-28)34-31(38)24-17-19-27(41-3)20-18-24/h4-21,30H,1-3H3,(H,34,38)(H,35,39). The summed E-state index contributed by atoms with van der Waals surface area (Å²) in [5.41, 5.74) is 3.13. The van der Waals surface area contributed by atoms with E-state index in [0.717, 1.165) is 10.5 Å². The predicted octanol–water partition coefficient (Wildman–Crippen LogP) is 6.22. The number of benzene rings is 4. The third-order valence-corrected chi connectivity index (χ3v) is 8.09. The molecule has 1 heterocycles. The molecule has 212 valence electrons. The van der Waals surface area contributed by atoms with Crippen molar-refractivity contribution in [3.8, 4) is 11.4 Å². The molecule has 0 saturated carbocycles. The summed E-state index contributed by atoms with van der Waals surface area (Å²) in [5, 5.41) is 5.17. The van der Waals surface area contributed by atoms with Crippen LogP contribution in [0.3, 0.4) is 0 Å². The van der Waals surface area contributed by atoms with Crippen LogP contribution in [0.25, 0.3) is 5.69 Å². The number of anilines is 2. The van der Waals surface area contributed by atoms with Gasteiger partial charge in [0.15, 0.2) is 0 Å². The van der Waals surface area contributed by atoms with Crippen LogP contribution in [0.5, 0.6) is 5.75 Å². The summed E-state index contributed by atoms with van der Waals surface area (Å²) in [5.74, 6) is 0.0798. The normalized spacial score (nSPS) is 11.5. The van der Waals surface area contributed by atoms with Crippen LogP contribution in [0.1, 0.15) is 26.9 Å². The fourth-order valence-electron chi connectivity index (χ4n) is 4.53. The quantitative estimate of drug-likeness (QED) is 0.203. The summed E-state index contributed by atoms with van der Waals surface area (Å²) in [6.07, 6.45) is 0. The van der Waals surface area contributed by atoms with Gasteiger partial charge in [0.25, 0.3) is 11.5 Å². The molecule has 0 fully saturated rings. The predicted molar refractivity (Wildman–Crippen MR) is 167 cm³/mol. The Morgan fingerprint density at radius 1 is 0.833 bits per heavy atom. The molecular formula is C33H30N4O4S. The Hall–Kier alpha value is -5.02. The second-order valence-electron chi connectivity index (χ2n) is 9.54. The van der Waals surface area contributed by atoms with E-state index in [1.807, 2.05) is 78.9 Å². The Labute approximate surface area is 247 Å². The molecule has 42 heavy (non-hydrogen) atoms. The van der Waals surface area contributed by atoms with Crippen LogP contribution in [-0.2, 0) is 11.8 Å². The van der Waals surface area contributed by atoms with Gasteiger partial charge in [-0.05, 0) is 67.1 Å². The minimum Gasteiger partial charge on any atom is -0.497 e. The lowest BCUT2D eigenvalue weighted by molar-refractivity contribution is -0.115. The number of nitrogens with zero attached hydrogens (tertiary/aromatic N) is 2. The first-order valence-corrected chi connectivity index (χ1v) is 14.2. The number of methoxy groups -OCH3 is 1. The Bertz CT molecular complexity index is 1760. The van der Waals surface area contributed by atoms with Crippen LogP contribution in [0.15, 0.2) is 119 Å². The molecule has 0 spiro atoms. The number of carbonyl (C=O) groups excluding carboxylic acids is 2. The average Bonchev–Trinajstić information content (AvgIpc) is 3.23. The van der Waals surface area contributed by atoms with E-state index in [4.69, 9.17) is 4.74 Å². The van der Waals surface area contributed by atoms with Crippen LogP contribution in [-0.4, -0.2) is 28.3 Å². The van der Waals surface area contributed by atoms with Crippen LogP contribution < -0.4 is 20.9 Å². The molecule has 8 nitrogen and oxygen atoms in total. The van der Waals surface area contributed by atoms with Crippen molar-refractivity contribution in [1.29, 1.82) is 0 Å². The molecule has 5 aromatic rings. The number of hydrogen-bond acceptors (Lipinski definition) is 5. The van der Waals surface area contributed by atoms with E-state index in [1.54, 1.807) is 56.1 Å². The van der Waals surface area contributed by atoms with Crippen molar-refractivity contribution < 1.29 is 14.3 Å². The van der Waals surface area contributed by atoms with Crippen LogP contribution in [0, 0.1) is 6.92 Å². The lowest BCUT2D eigenvalue weighted by Gasteiger charge is -2.17. The number of para-hydroxylation sites is 1. The summed E-state index contributed by atoms with van der Waals surface area (Å²) < 4.78 is 8.43. The number of thioether (sulfide) groups is 1. The maximum atomic E-state index is 13.8. The number of aromatic nitrogens is 2. The van der Waals surface area contributed by atoms with Gasteiger partial charge in [-0.15, -0.1) is 11.8 Å². The first-order chi connectivity index (χ1) is 20.4. The summed E-state index contributed by atoms with van der Waals surface area (Å²) >= 11 is 1.33. The van der Waals surface area contributed by atoms with E-state index in [-0.39, 0.29) is 23.1 Å². The molecule has 9 heteroatoms. The smallest absolute Gasteiger partial charge is 0.295 e. The lowest BCUT2D eigenvalue weighted by Crippen LogP contribution is -2.25. The van der Waals surface area contributed by atoms with E-state index in [2.05, 4.69) is 10.6 Å². The molecule has 2 amide bonds. The molecule has 0 bridgehead atoms. The van der Waals surface area contributed by atoms with Crippen LogP contribution >= 0.6 is 11.8 Å². The van der Waals surface area contributed by atoms with Gasteiger partial charge in [-0.25, -0.2) is 4.68 Å². The SMILES string of the molecule is COc1ccc(C(=O)Nc2cccc(SC(C(=O)Nc3c(C)n(C)n(-c4ccccc4)c3=O)c3ccccc3)c2)cc1. The zero-order chi connectivity index (χ0) is 29.6. The maximum Gasteiger partial charge on any atom is 0.295 e. The van der Waals surface area contributed by atoms with Crippen molar-refractivity contribution in [2.75, 3.05) is 17.7 Å². The van der Waals surface area contributed by atoms with Crippen LogP contribution in [0.4, 0.5) is 11.4 Å². The number of amides is 2. The van der Waals surface area contributed by atoms with Gasteiger partial charge in [-0.2, -0.15) is 0 Å². The molecular weight excluding hydrogens is 548 g/mol. The minimum absolute atomic E-state index is 0.230. The molecule has 0 saturated heterocycles. The first kappa shape index (κ1) is 28.5. The van der Waals surface area contributed by atoms with E-state index in [0.29, 0.717) is 28.4 Å². The second kappa shape index (κ2) is 12.7. The first-order valence-electron chi connectivity index (χ1n) is 13.3. The van der Waals surface area contributed by atoms with Crippen molar-refractivity contribution in [3.05, 3.63) is 136 Å². The van der Waals surface area contributed by atoms with Gasteiger partial charge in [0.05, 0.1) is 18.5 Å². The van der Waals surface area contributed by atoms with Gasteiger partial charge in [-0.1, -0.05) is 54.6 Å². The molecule has 2 N–H and O–H groups in total. The molecule has 1 aromatic heterocycles. The Morgan fingerprint density at radius 2 is 1.50 bits per heavy atom.